The van der Waals surface area contributed by atoms with Crippen LogP contribution in [0.2, 0.25) is 0 Å². The molecule has 0 saturated heterocycles. The zero-order chi connectivity index (χ0) is 22.1. The maximum absolute atomic E-state index is 11.9. The first-order chi connectivity index (χ1) is 14.2. The van der Waals surface area contributed by atoms with Crippen LogP contribution < -0.4 is 10.6 Å². The van der Waals surface area contributed by atoms with E-state index in [1.807, 2.05) is 0 Å². The summed E-state index contributed by atoms with van der Waals surface area (Å²) in [6.45, 7) is 4.76. The van der Waals surface area contributed by atoms with Crippen molar-refractivity contribution in [1.82, 2.24) is 10.2 Å². The number of ether oxygens (including phenoxy) is 2. The van der Waals surface area contributed by atoms with Crippen LogP contribution in [0.3, 0.4) is 0 Å². The van der Waals surface area contributed by atoms with Gasteiger partial charge in [0.2, 0.25) is 11.0 Å². The Kier molecular flexibility index (Phi) is 8.41. The summed E-state index contributed by atoms with van der Waals surface area (Å²) in [6.07, 6.45) is -0.512. The summed E-state index contributed by atoms with van der Waals surface area (Å²) >= 11 is 1.22. The molecule has 0 bridgehead atoms. The summed E-state index contributed by atoms with van der Waals surface area (Å²) in [4.78, 5) is 47.1. The van der Waals surface area contributed by atoms with E-state index in [0.29, 0.717) is 21.4 Å². The van der Waals surface area contributed by atoms with E-state index in [1.165, 1.54) is 35.6 Å². The molecule has 0 atom stereocenters. The Bertz CT molecular complexity index is 910. The predicted molar refractivity (Wildman–Crippen MR) is 109 cm³/mol. The van der Waals surface area contributed by atoms with Gasteiger partial charge in [-0.25, -0.2) is 4.79 Å². The number of rotatable bonds is 9. The fourth-order valence-electron chi connectivity index (χ4n) is 2.13. The normalized spacial score (nSPS) is 10.4. The third-order valence-electron chi connectivity index (χ3n) is 3.44. The van der Waals surface area contributed by atoms with Crippen LogP contribution in [-0.2, 0) is 23.9 Å². The van der Waals surface area contributed by atoms with Gasteiger partial charge in [-0.2, -0.15) is 0 Å². The summed E-state index contributed by atoms with van der Waals surface area (Å²) < 4.78 is 9.93. The van der Waals surface area contributed by atoms with Gasteiger partial charge in [-0.1, -0.05) is 11.3 Å². The number of anilines is 2. The fraction of sp³-hybridized carbons (Fsp3) is 0.368. The van der Waals surface area contributed by atoms with E-state index in [0.717, 1.165) is 0 Å². The first-order valence-corrected chi connectivity index (χ1v) is 9.91. The monoisotopic (exact) mass is 434 g/mol. The molecule has 1 aromatic carbocycles. The molecule has 0 aliphatic carbocycles. The lowest BCUT2D eigenvalue weighted by Crippen LogP contribution is -2.21. The van der Waals surface area contributed by atoms with Gasteiger partial charge in [0.05, 0.1) is 18.1 Å². The van der Waals surface area contributed by atoms with Crippen molar-refractivity contribution < 1.29 is 28.7 Å². The van der Waals surface area contributed by atoms with Crippen LogP contribution in [0.5, 0.6) is 0 Å². The molecular formula is C19H22N4O6S. The molecule has 2 aromatic rings. The smallest absolute Gasteiger partial charge is 0.338 e. The van der Waals surface area contributed by atoms with Crippen molar-refractivity contribution in [3.63, 3.8) is 0 Å². The highest BCUT2D eigenvalue weighted by Crippen LogP contribution is 2.14. The van der Waals surface area contributed by atoms with E-state index >= 15 is 0 Å². The van der Waals surface area contributed by atoms with Crippen LogP contribution in [0.25, 0.3) is 0 Å². The lowest BCUT2D eigenvalue weighted by atomic mass is 10.2. The van der Waals surface area contributed by atoms with Crippen molar-refractivity contribution in [2.24, 2.45) is 0 Å². The number of hydrogen-bond acceptors (Lipinski definition) is 9. The van der Waals surface area contributed by atoms with Crippen molar-refractivity contribution in [3.8, 4) is 0 Å². The minimum absolute atomic E-state index is 0.104. The SMILES string of the molecule is Cc1nnc(NC(=O)CCC(=O)OCC(=O)Nc2ccc(C(=O)OC(C)C)cc2)s1. The zero-order valence-electron chi connectivity index (χ0n) is 16.8. The Morgan fingerprint density at radius 1 is 1.00 bits per heavy atom. The Morgan fingerprint density at radius 2 is 1.70 bits per heavy atom. The maximum atomic E-state index is 11.9. The van der Waals surface area contributed by atoms with Crippen molar-refractivity contribution in [2.45, 2.75) is 39.7 Å². The first-order valence-electron chi connectivity index (χ1n) is 9.09. The quantitative estimate of drug-likeness (QED) is 0.574. The number of benzene rings is 1. The molecule has 0 fully saturated rings. The molecule has 0 spiro atoms. The van der Waals surface area contributed by atoms with E-state index < -0.39 is 30.4 Å². The molecule has 2 N–H and O–H groups in total. The number of hydrogen-bond donors (Lipinski definition) is 2. The first kappa shape index (κ1) is 22.9. The predicted octanol–water partition coefficient (Wildman–Crippen LogP) is 2.31. The molecule has 0 aliphatic heterocycles. The summed E-state index contributed by atoms with van der Waals surface area (Å²) in [5.41, 5.74) is 0.791. The molecule has 0 aliphatic rings. The molecule has 0 unspecified atom stereocenters. The van der Waals surface area contributed by atoms with Gasteiger partial charge in [0.1, 0.15) is 5.01 Å². The maximum Gasteiger partial charge on any atom is 0.338 e. The van der Waals surface area contributed by atoms with Gasteiger partial charge in [0, 0.05) is 12.1 Å². The fourth-order valence-corrected chi connectivity index (χ4v) is 2.74. The molecular weight excluding hydrogens is 412 g/mol. The van der Waals surface area contributed by atoms with E-state index in [9.17, 15) is 19.2 Å². The number of carbonyl (C=O) groups excluding carboxylic acids is 4. The van der Waals surface area contributed by atoms with Gasteiger partial charge in [0.25, 0.3) is 5.91 Å². The van der Waals surface area contributed by atoms with Crippen LogP contribution >= 0.6 is 11.3 Å². The van der Waals surface area contributed by atoms with E-state index in [2.05, 4.69) is 20.8 Å². The lowest BCUT2D eigenvalue weighted by Gasteiger charge is -2.09. The zero-order valence-corrected chi connectivity index (χ0v) is 17.6. The van der Waals surface area contributed by atoms with Crippen molar-refractivity contribution in [2.75, 3.05) is 17.2 Å². The summed E-state index contributed by atoms with van der Waals surface area (Å²) in [5, 5.41) is 13.7. The summed E-state index contributed by atoms with van der Waals surface area (Å²) in [6, 6.07) is 6.11. The molecule has 2 rings (SSSR count). The molecule has 0 radical (unpaired) electrons. The van der Waals surface area contributed by atoms with Crippen molar-refractivity contribution in [3.05, 3.63) is 34.8 Å². The number of esters is 2. The number of nitrogens with zero attached hydrogens (tertiary/aromatic N) is 2. The standard InChI is InChI=1S/C19H22N4O6S/c1-11(2)29-18(27)13-4-6-14(7-5-13)20-16(25)10-28-17(26)9-8-15(24)21-19-23-22-12(3)30-19/h4-7,11H,8-10H2,1-3H3,(H,20,25)(H,21,23,24). The number of carbonyl (C=O) groups is 4. The summed E-state index contributed by atoms with van der Waals surface area (Å²) in [5.74, 6) is -2.08. The number of nitrogens with one attached hydrogen (secondary N) is 2. The highest BCUT2D eigenvalue weighted by molar-refractivity contribution is 7.15. The van der Waals surface area contributed by atoms with Gasteiger partial charge < -0.3 is 20.1 Å². The van der Waals surface area contributed by atoms with Gasteiger partial charge in [-0.05, 0) is 45.0 Å². The molecule has 0 saturated carbocycles. The lowest BCUT2D eigenvalue weighted by molar-refractivity contribution is -0.147. The molecule has 1 aromatic heterocycles. The second-order valence-corrected chi connectivity index (χ2v) is 7.60. The molecule has 30 heavy (non-hydrogen) atoms. The minimum Gasteiger partial charge on any atom is -0.459 e. The van der Waals surface area contributed by atoms with Crippen LogP contribution in [0, 0.1) is 6.92 Å². The van der Waals surface area contributed by atoms with Gasteiger partial charge >= 0.3 is 11.9 Å². The van der Waals surface area contributed by atoms with Crippen LogP contribution in [0.1, 0.15) is 42.1 Å². The van der Waals surface area contributed by atoms with Gasteiger partial charge in [-0.15, -0.1) is 10.2 Å². The molecule has 160 valence electrons. The van der Waals surface area contributed by atoms with E-state index in [-0.39, 0.29) is 18.9 Å². The second-order valence-electron chi connectivity index (χ2n) is 6.41. The third-order valence-corrected chi connectivity index (χ3v) is 4.19. The highest BCUT2D eigenvalue weighted by atomic mass is 32.1. The third kappa shape index (κ3) is 7.95. The number of aromatic nitrogens is 2. The Morgan fingerprint density at radius 3 is 2.30 bits per heavy atom. The molecule has 1 heterocycles. The average molecular weight is 434 g/mol. The Labute approximate surface area is 177 Å². The highest BCUT2D eigenvalue weighted by Gasteiger charge is 2.13. The molecule has 11 heteroatoms. The van der Waals surface area contributed by atoms with Crippen molar-refractivity contribution in [1.29, 1.82) is 0 Å². The molecule has 10 nitrogen and oxygen atoms in total. The van der Waals surface area contributed by atoms with Gasteiger partial charge in [-0.3, -0.25) is 14.4 Å². The molecule has 2 amide bonds. The summed E-state index contributed by atoms with van der Waals surface area (Å²) in [7, 11) is 0. The average Bonchev–Trinajstić information content (AvgIpc) is 3.09. The minimum atomic E-state index is -0.680. The van der Waals surface area contributed by atoms with Crippen LogP contribution in [0.15, 0.2) is 24.3 Å². The Hall–Kier alpha value is -3.34. The topological polar surface area (TPSA) is 137 Å². The second kappa shape index (κ2) is 11.0. The van der Waals surface area contributed by atoms with Crippen LogP contribution in [0.4, 0.5) is 10.8 Å². The number of aryl methyl sites for hydroxylation is 1. The van der Waals surface area contributed by atoms with Crippen LogP contribution in [-0.4, -0.2) is 46.7 Å². The Balaban J connectivity index is 1.69. The largest absolute Gasteiger partial charge is 0.459 e. The van der Waals surface area contributed by atoms with E-state index in [1.54, 1.807) is 20.8 Å². The number of amides is 2. The van der Waals surface area contributed by atoms with Crippen molar-refractivity contribution >= 4 is 45.9 Å². The van der Waals surface area contributed by atoms with Gasteiger partial charge in [0.15, 0.2) is 6.61 Å². The van der Waals surface area contributed by atoms with E-state index in [4.69, 9.17) is 9.47 Å².